The normalized spacial score (nSPS) is 22.7. The van der Waals surface area contributed by atoms with Crippen LogP contribution in [0.3, 0.4) is 0 Å². The highest BCUT2D eigenvalue weighted by atomic mass is 32.1. The summed E-state index contributed by atoms with van der Waals surface area (Å²) in [6, 6.07) is 4.42. The molecule has 1 aliphatic rings. The third-order valence-electron chi connectivity index (χ3n) is 4.19. The van der Waals surface area contributed by atoms with Crippen molar-refractivity contribution < 1.29 is 4.74 Å². The van der Waals surface area contributed by atoms with E-state index in [0.29, 0.717) is 0 Å². The predicted octanol–water partition coefficient (Wildman–Crippen LogP) is 2.56. The molecule has 18 heavy (non-hydrogen) atoms. The Morgan fingerprint density at radius 3 is 2.61 bits per heavy atom. The monoisotopic (exact) mass is 268 g/mol. The van der Waals surface area contributed by atoms with E-state index in [2.05, 4.69) is 37.8 Å². The quantitative estimate of drug-likeness (QED) is 0.912. The summed E-state index contributed by atoms with van der Waals surface area (Å²) >= 11 is 1.82. The lowest BCUT2D eigenvalue weighted by molar-refractivity contribution is -0.0273. The molecule has 2 unspecified atom stereocenters. The molecule has 2 N–H and O–H groups in total. The first-order valence-corrected chi connectivity index (χ1v) is 7.54. The average Bonchev–Trinajstić information content (AvgIpc) is 2.84. The lowest BCUT2D eigenvalue weighted by Gasteiger charge is -2.46. The van der Waals surface area contributed by atoms with Crippen molar-refractivity contribution >= 4 is 11.3 Å². The Morgan fingerprint density at radius 1 is 1.44 bits per heavy atom. The zero-order valence-electron chi connectivity index (χ0n) is 11.6. The molecule has 0 aromatic carbocycles. The topological polar surface area (TPSA) is 38.5 Å². The van der Waals surface area contributed by atoms with Crippen molar-refractivity contribution in [3.8, 4) is 0 Å². The minimum atomic E-state index is 0.0288. The Labute approximate surface area is 114 Å². The van der Waals surface area contributed by atoms with Crippen molar-refractivity contribution in [1.29, 1.82) is 0 Å². The van der Waals surface area contributed by atoms with E-state index in [1.54, 1.807) is 0 Å². The smallest absolute Gasteiger partial charge is 0.0594 e. The number of hydrogen-bond acceptors (Lipinski definition) is 4. The van der Waals surface area contributed by atoms with Gasteiger partial charge in [-0.2, -0.15) is 0 Å². The van der Waals surface area contributed by atoms with Crippen LogP contribution in [0.5, 0.6) is 0 Å². The molecule has 1 aromatic heterocycles. The molecule has 2 rings (SSSR count). The van der Waals surface area contributed by atoms with E-state index in [-0.39, 0.29) is 11.6 Å². The van der Waals surface area contributed by atoms with E-state index in [4.69, 9.17) is 10.5 Å². The van der Waals surface area contributed by atoms with E-state index in [1.165, 1.54) is 9.75 Å². The highest BCUT2D eigenvalue weighted by Crippen LogP contribution is 2.35. The van der Waals surface area contributed by atoms with Gasteiger partial charge in [-0.1, -0.05) is 6.92 Å². The van der Waals surface area contributed by atoms with Crippen LogP contribution in [-0.2, 0) is 4.74 Å². The number of nitrogens with two attached hydrogens (primary N) is 1. The SMILES string of the molecule is CCC(C)(C(N)c1ccc(C)s1)N1CCOCC1. The van der Waals surface area contributed by atoms with Crippen LogP contribution in [0.15, 0.2) is 12.1 Å². The summed E-state index contributed by atoms with van der Waals surface area (Å²) < 4.78 is 5.45. The van der Waals surface area contributed by atoms with Gasteiger partial charge in [-0.25, -0.2) is 0 Å². The summed E-state index contributed by atoms with van der Waals surface area (Å²) in [5.74, 6) is 0. The Balaban J connectivity index is 2.19. The summed E-state index contributed by atoms with van der Waals surface area (Å²) in [7, 11) is 0. The zero-order chi connectivity index (χ0) is 13.2. The van der Waals surface area contributed by atoms with Crippen LogP contribution in [0.1, 0.15) is 36.1 Å². The van der Waals surface area contributed by atoms with Gasteiger partial charge < -0.3 is 10.5 Å². The molecule has 1 saturated heterocycles. The molecule has 0 aliphatic carbocycles. The van der Waals surface area contributed by atoms with Crippen LogP contribution in [-0.4, -0.2) is 36.7 Å². The van der Waals surface area contributed by atoms with Crippen LogP contribution in [0.25, 0.3) is 0 Å². The van der Waals surface area contributed by atoms with Gasteiger partial charge in [0.05, 0.1) is 19.3 Å². The van der Waals surface area contributed by atoms with Gasteiger partial charge in [-0.3, -0.25) is 4.90 Å². The number of aryl methyl sites for hydroxylation is 1. The minimum absolute atomic E-state index is 0.0288. The zero-order valence-corrected chi connectivity index (χ0v) is 12.4. The third kappa shape index (κ3) is 2.62. The lowest BCUT2D eigenvalue weighted by atomic mass is 9.86. The Hall–Kier alpha value is -0.420. The molecule has 0 spiro atoms. The maximum atomic E-state index is 6.56. The van der Waals surface area contributed by atoms with Gasteiger partial charge in [0.15, 0.2) is 0 Å². The fraction of sp³-hybridized carbons (Fsp3) is 0.714. The number of morpholine rings is 1. The van der Waals surface area contributed by atoms with Crippen molar-refractivity contribution in [3.63, 3.8) is 0 Å². The predicted molar refractivity (Wildman–Crippen MR) is 77.1 cm³/mol. The van der Waals surface area contributed by atoms with Gasteiger partial charge in [0.1, 0.15) is 0 Å². The van der Waals surface area contributed by atoms with Crippen LogP contribution >= 0.6 is 11.3 Å². The number of rotatable bonds is 4. The van der Waals surface area contributed by atoms with Gasteiger partial charge in [-0.05, 0) is 32.4 Å². The molecule has 1 aromatic rings. The molecule has 3 nitrogen and oxygen atoms in total. The van der Waals surface area contributed by atoms with Crippen LogP contribution in [0.4, 0.5) is 0 Å². The molecule has 0 amide bonds. The second kappa shape index (κ2) is 5.70. The summed E-state index contributed by atoms with van der Waals surface area (Å²) in [5, 5.41) is 0. The maximum Gasteiger partial charge on any atom is 0.0594 e. The Morgan fingerprint density at radius 2 is 2.11 bits per heavy atom. The molecule has 1 aliphatic heterocycles. The van der Waals surface area contributed by atoms with Gasteiger partial charge in [0.2, 0.25) is 0 Å². The molecular formula is C14H24N2OS. The van der Waals surface area contributed by atoms with Crippen molar-refractivity contribution in [2.24, 2.45) is 5.73 Å². The van der Waals surface area contributed by atoms with Crippen LogP contribution in [0, 0.1) is 6.92 Å². The number of hydrogen-bond donors (Lipinski definition) is 1. The van der Waals surface area contributed by atoms with Gasteiger partial charge in [0.25, 0.3) is 0 Å². The lowest BCUT2D eigenvalue weighted by Crippen LogP contribution is -2.56. The molecular weight excluding hydrogens is 244 g/mol. The Kier molecular flexibility index (Phi) is 4.43. The van der Waals surface area contributed by atoms with E-state index < -0.39 is 0 Å². The van der Waals surface area contributed by atoms with E-state index in [9.17, 15) is 0 Å². The Bertz CT molecular complexity index is 387. The van der Waals surface area contributed by atoms with Crippen molar-refractivity contribution in [2.45, 2.75) is 38.8 Å². The molecule has 1 fully saturated rings. The molecule has 2 atom stereocenters. The molecule has 0 saturated carbocycles. The highest BCUT2D eigenvalue weighted by molar-refractivity contribution is 7.12. The summed E-state index contributed by atoms with van der Waals surface area (Å²) in [4.78, 5) is 5.13. The average molecular weight is 268 g/mol. The summed E-state index contributed by atoms with van der Waals surface area (Å²) in [6.07, 6.45) is 1.06. The van der Waals surface area contributed by atoms with Crippen molar-refractivity contribution in [1.82, 2.24) is 4.90 Å². The van der Waals surface area contributed by atoms with Gasteiger partial charge >= 0.3 is 0 Å². The van der Waals surface area contributed by atoms with Gasteiger partial charge in [-0.15, -0.1) is 11.3 Å². The van der Waals surface area contributed by atoms with E-state index >= 15 is 0 Å². The summed E-state index contributed by atoms with van der Waals surface area (Å²) in [5.41, 5.74) is 6.58. The molecule has 2 heterocycles. The van der Waals surface area contributed by atoms with Crippen LogP contribution < -0.4 is 5.73 Å². The fourth-order valence-corrected chi connectivity index (χ4v) is 3.67. The standard InChI is InChI=1S/C14H24N2OS/c1-4-14(3,16-7-9-17-10-8-16)13(15)12-6-5-11(2)18-12/h5-6,13H,4,7-10,15H2,1-3H3. The number of thiophene rings is 1. The second-order valence-corrected chi connectivity index (χ2v) is 6.56. The molecule has 102 valence electrons. The molecule has 4 heteroatoms. The third-order valence-corrected chi connectivity index (χ3v) is 5.27. The van der Waals surface area contributed by atoms with Crippen molar-refractivity contribution in [3.05, 3.63) is 21.9 Å². The van der Waals surface area contributed by atoms with E-state index in [0.717, 1.165) is 32.7 Å². The first-order valence-electron chi connectivity index (χ1n) is 6.72. The first-order chi connectivity index (χ1) is 8.58. The second-order valence-electron chi connectivity index (χ2n) is 5.24. The largest absolute Gasteiger partial charge is 0.379 e. The van der Waals surface area contributed by atoms with Crippen molar-refractivity contribution in [2.75, 3.05) is 26.3 Å². The number of ether oxygens (including phenoxy) is 1. The fourth-order valence-electron chi connectivity index (χ4n) is 2.64. The van der Waals surface area contributed by atoms with Gasteiger partial charge in [0, 0.05) is 28.4 Å². The van der Waals surface area contributed by atoms with E-state index in [1.807, 2.05) is 11.3 Å². The summed E-state index contributed by atoms with van der Waals surface area (Å²) in [6.45, 7) is 10.3. The number of nitrogens with zero attached hydrogens (tertiary/aromatic N) is 1. The maximum absolute atomic E-state index is 6.56. The highest BCUT2D eigenvalue weighted by Gasteiger charge is 2.38. The minimum Gasteiger partial charge on any atom is -0.379 e. The first kappa shape index (κ1) is 14.0. The molecule has 0 radical (unpaired) electrons. The van der Waals surface area contributed by atoms with Crippen LogP contribution in [0.2, 0.25) is 0 Å². The molecule has 0 bridgehead atoms.